The minimum absolute atomic E-state index is 0.219. The van der Waals surface area contributed by atoms with Crippen LogP contribution in [0, 0.1) is 0 Å². The Balaban J connectivity index is 2.46. The Morgan fingerprint density at radius 1 is 1.36 bits per heavy atom. The van der Waals surface area contributed by atoms with Gasteiger partial charge < -0.3 is 15.6 Å². The lowest BCUT2D eigenvalue weighted by Crippen LogP contribution is -2.48. The number of carbonyl (C=O) groups is 2. The fourth-order valence-corrected chi connectivity index (χ4v) is 2.60. The summed E-state index contributed by atoms with van der Waals surface area (Å²) >= 11 is 0. The number of benzene rings is 1. The summed E-state index contributed by atoms with van der Waals surface area (Å²) < 4.78 is 5.07. The number of nitrogens with zero attached hydrogens (tertiary/aromatic N) is 1. The normalized spacial score (nSPS) is 21.0. The van der Waals surface area contributed by atoms with Crippen LogP contribution in [0.2, 0.25) is 0 Å². The molecule has 0 radical (unpaired) electrons. The Kier molecular flexibility index (Phi) is 4.67. The van der Waals surface area contributed by atoms with Crippen molar-refractivity contribution in [3.05, 3.63) is 47.2 Å². The van der Waals surface area contributed by atoms with E-state index in [9.17, 15) is 14.7 Å². The van der Waals surface area contributed by atoms with E-state index in [4.69, 9.17) is 10.5 Å². The van der Waals surface area contributed by atoms with Gasteiger partial charge >= 0.3 is 12.0 Å². The molecule has 0 fully saturated rings. The van der Waals surface area contributed by atoms with Crippen LogP contribution >= 0.6 is 0 Å². The second-order valence-electron chi connectivity index (χ2n) is 4.87. The van der Waals surface area contributed by atoms with Crippen LogP contribution in [0.25, 0.3) is 0 Å². The van der Waals surface area contributed by atoms with Crippen molar-refractivity contribution in [1.29, 1.82) is 0 Å². The first-order valence-electron chi connectivity index (χ1n) is 6.93. The van der Waals surface area contributed by atoms with E-state index in [-0.39, 0.29) is 6.61 Å². The number of allylic oxidation sites excluding steroid dienone is 1. The van der Waals surface area contributed by atoms with Crippen molar-refractivity contribution < 1.29 is 19.4 Å². The Bertz CT molecular complexity index is 600. The van der Waals surface area contributed by atoms with Gasteiger partial charge in [-0.25, -0.2) is 15.0 Å². The standard InChI is InChI=1S/C15H19N3O4/c1-3-22-14(20)11-9(2)18(17-15(16)21)13(19)12(11)10-7-5-4-6-8-10/h4-8,12-13,19H,3H2,1-2H3,(H3,16,17,21)/t12-,13+/m0/s1. The molecule has 7 heteroatoms. The number of nitrogens with one attached hydrogen (secondary N) is 1. The highest BCUT2D eigenvalue weighted by atomic mass is 16.5. The van der Waals surface area contributed by atoms with Crippen LogP contribution in [0.3, 0.4) is 0 Å². The van der Waals surface area contributed by atoms with E-state index in [0.717, 1.165) is 5.56 Å². The monoisotopic (exact) mass is 305 g/mol. The van der Waals surface area contributed by atoms with E-state index >= 15 is 0 Å². The zero-order valence-electron chi connectivity index (χ0n) is 12.4. The average molecular weight is 305 g/mol. The average Bonchev–Trinajstić information content (AvgIpc) is 2.72. The molecule has 1 heterocycles. The predicted octanol–water partition coefficient (Wildman–Crippen LogP) is 0.825. The largest absolute Gasteiger partial charge is 0.463 e. The highest BCUT2D eigenvalue weighted by Gasteiger charge is 2.43. The lowest BCUT2D eigenvalue weighted by Gasteiger charge is -2.26. The third-order valence-electron chi connectivity index (χ3n) is 3.51. The molecule has 22 heavy (non-hydrogen) atoms. The summed E-state index contributed by atoms with van der Waals surface area (Å²) in [5.74, 6) is -1.16. The van der Waals surface area contributed by atoms with Crippen molar-refractivity contribution in [2.24, 2.45) is 5.73 Å². The molecule has 0 aromatic heterocycles. The van der Waals surface area contributed by atoms with Gasteiger partial charge in [-0.15, -0.1) is 0 Å². The van der Waals surface area contributed by atoms with E-state index in [1.807, 2.05) is 18.2 Å². The molecule has 0 bridgehead atoms. The number of hydrogen-bond donors (Lipinski definition) is 3. The number of primary amides is 1. The summed E-state index contributed by atoms with van der Waals surface area (Å²) in [4.78, 5) is 23.4. The number of aliphatic hydroxyl groups excluding tert-OH is 1. The van der Waals surface area contributed by atoms with Gasteiger partial charge in [0, 0.05) is 5.70 Å². The molecule has 118 valence electrons. The van der Waals surface area contributed by atoms with Gasteiger partial charge in [0.15, 0.2) is 6.23 Å². The van der Waals surface area contributed by atoms with Crippen LogP contribution in [-0.2, 0) is 9.53 Å². The highest BCUT2D eigenvalue weighted by Crippen LogP contribution is 2.39. The van der Waals surface area contributed by atoms with Gasteiger partial charge in [-0.3, -0.25) is 5.01 Å². The molecule has 1 aliphatic heterocycles. The van der Waals surface area contributed by atoms with Crippen LogP contribution in [0.5, 0.6) is 0 Å². The number of amides is 2. The van der Waals surface area contributed by atoms with Crippen LogP contribution in [0.4, 0.5) is 4.79 Å². The van der Waals surface area contributed by atoms with Gasteiger partial charge in [0.1, 0.15) is 0 Å². The number of ether oxygens (including phenoxy) is 1. The molecule has 1 aliphatic rings. The maximum Gasteiger partial charge on any atom is 0.336 e. The zero-order valence-corrected chi connectivity index (χ0v) is 12.4. The highest BCUT2D eigenvalue weighted by molar-refractivity contribution is 5.92. The molecule has 0 saturated carbocycles. The maximum atomic E-state index is 12.3. The minimum atomic E-state index is -1.14. The third kappa shape index (κ3) is 2.89. The summed E-state index contributed by atoms with van der Waals surface area (Å²) in [5.41, 5.74) is 8.89. The topological polar surface area (TPSA) is 105 Å². The Morgan fingerprint density at radius 3 is 2.55 bits per heavy atom. The smallest absolute Gasteiger partial charge is 0.336 e. The van der Waals surface area contributed by atoms with Gasteiger partial charge in [0.05, 0.1) is 18.1 Å². The second kappa shape index (κ2) is 6.48. The van der Waals surface area contributed by atoms with Crippen LogP contribution in [0.1, 0.15) is 25.3 Å². The Labute approximate surface area is 128 Å². The number of hydrogen-bond acceptors (Lipinski definition) is 5. The van der Waals surface area contributed by atoms with Crippen molar-refractivity contribution >= 4 is 12.0 Å². The Morgan fingerprint density at radius 2 is 2.00 bits per heavy atom. The van der Waals surface area contributed by atoms with Crippen molar-refractivity contribution in [1.82, 2.24) is 10.4 Å². The van der Waals surface area contributed by atoms with E-state index in [1.165, 1.54) is 5.01 Å². The van der Waals surface area contributed by atoms with Crippen LogP contribution in [0.15, 0.2) is 41.6 Å². The Hall–Kier alpha value is -2.54. The van der Waals surface area contributed by atoms with Gasteiger partial charge in [-0.2, -0.15) is 0 Å². The second-order valence-corrected chi connectivity index (χ2v) is 4.87. The fraction of sp³-hybridized carbons (Fsp3) is 0.333. The summed E-state index contributed by atoms with van der Waals surface area (Å²) in [6.07, 6.45) is -1.14. The fourth-order valence-electron chi connectivity index (χ4n) is 2.60. The molecule has 0 spiro atoms. The van der Waals surface area contributed by atoms with E-state index in [2.05, 4.69) is 5.43 Å². The van der Waals surface area contributed by atoms with Crippen LogP contribution in [-0.4, -0.2) is 35.0 Å². The third-order valence-corrected chi connectivity index (χ3v) is 3.51. The molecule has 2 rings (SSSR count). The maximum absolute atomic E-state index is 12.3. The van der Waals surface area contributed by atoms with Crippen LogP contribution < -0.4 is 11.2 Å². The molecule has 1 aromatic carbocycles. The van der Waals surface area contributed by atoms with Crippen molar-refractivity contribution in [3.8, 4) is 0 Å². The molecule has 2 atom stereocenters. The van der Waals surface area contributed by atoms with Gasteiger partial charge in [-0.05, 0) is 19.4 Å². The molecular formula is C15H19N3O4. The quantitative estimate of drug-likeness (QED) is 0.714. The lowest BCUT2D eigenvalue weighted by molar-refractivity contribution is -0.139. The van der Waals surface area contributed by atoms with Gasteiger partial charge in [0.25, 0.3) is 0 Å². The van der Waals surface area contributed by atoms with Crippen molar-refractivity contribution in [2.75, 3.05) is 6.61 Å². The minimum Gasteiger partial charge on any atom is -0.463 e. The molecule has 7 nitrogen and oxygen atoms in total. The van der Waals surface area contributed by atoms with Gasteiger partial charge in [0.2, 0.25) is 0 Å². The summed E-state index contributed by atoms with van der Waals surface area (Å²) in [5, 5.41) is 11.7. The molecular weight excluding hydrogens is 286 g/mol. The first kappa shape index (κ1) is 15.8. The summed E-state index contributed by atoms with van der Waals surface area (Å²) in [6.45, 7) is 3.54. The summed E-state index contributed by atoms with van der Waals surface area (Å²) in [7, 11) is 0. The molecule has 1 aromatic rings. The van der Waals surface area contributed by atoms with Crippen molar-refractivity contribution in [2.45, 2.75) is 26.0 Å². The molecule has 0 saturated heterocycles. The first-order valence-corrected chi connectivity index (χ1v) is 6.93. The zero-order chi connectivity index (χ0) is 16.3. The number of hydrazine groups is 1. The van der Waals surface area contributed by atoms with E-state index in [0.29, 0.717) is 11.3 Å². The number of esters is 1. The molecule has 4 N–H and O–H groups in total. The SMILES string of the molecule is CCOC(=O)C1=C(C)N(NC(N)=O)[C@H](O)[C@H]1c1ccccc1. The lowest BCUT2D eigenvalue weighted by atomic mass is 9.91. The van der Waals surface area contributed by atoms with E-state index < -0.39 is 24.1 Å². The number of aliphatic hydroxyl groups is 1. The number of carbonyl (C=O) groups excluding carboxylic acids is 2. The predicted molar refractivity (Wildman–Crippen MR) is 79.1 cm³/mol. The van der Waals surface area contributed by atoms with Crippen molar-refractivity contribution in [3.63, 3.8) is 0 Å². The number of rotatable bonds is 4. The molecule has 0 unspecified atom stereocenters. The van der Waals surface area contributed by atoms with Gasteiger partial charge in [-0.1, -0.05) is 30.3 Å². The number of urea groups is 1. The summed E-state index contributed by atoms with van der Waals surface area (Å²) in [6, 6.07) is 8.23. The number of nitrogens with two attached hydrogens (primary N) is 1. The first-order chi connectivity index (χ1) is 10.5. The molecule has 0 aliphatic carbocycles. The molecule has 2 amide bonds. The van der Waals surface area contributed by atoms with E-state index in [1.54, 1.807) is 26.0 Å².